The maximum atomic E-state index is 12.8. The Hall–Kier alpha value is -3.32. The summed E-state index contributed by atoms with van der Waals surface area (Å²) in [6.07, 6.45) is 0.528. The molecule has 0 bridgehead atoms. The van der Waals surface area contributed by atoms with Crippen LogP contribution in [0.4, 0.5) is 0 Å². The Morgan fingerprint density at radius 2 is 1.83 bits per heavy atom. The lowest BCUT2D eigenvalue weighted by Gasteiger charge is -2.25. The predicted octanol–water partition coefficient (Wildman–Crippen LogP) is 2.86. The summed E-state index contributed by atoms with van der Waals surface area (Å²) in [5.41, 5.74) is 0.998. The molecule has 2 N–H and O–H groups in total. The number of Topliss-reactive ketones (excluding diaryl/α,β-unsaturated/α-hetero) is 1. The second-order valence-electron chi connectivity index (χ2n) is 6.64. The predicted molar refractivity (Wildman–Crippen MR) is 107 cm³/mol. The Bertz CT molecular complexity index is 938. The number of phenolic OH excluding ortho intramolecular Hbond substituents is 1. The third kappa shape index (κ3) is 3.95. The van der Waals surface area contributed by atoms with Gasteiger partial charge in [-0.15, -0.1) is 0 Å². The molecule has 1 aliphatic rings. The van der Waals surface area contributed by atoms with E-state index in [1.165, 1.54) is 18.1 Å². The summed E-state index contributed by atoms with van der Waals surface area (Å²) in [6, 6.07) is 12.4. The number of ketones is 1. The lowest BCUT2D eigenvalue weighted by molar-refractivity contribution is -0.140. The molecule has 1 atom stereocenters. The number of hydrogen-bond acceptors (Lipinski definition) is 6. The third-order valence-corrected chi connectivity index (χ3v) is 4.85. The van der Waals surface area contributed by atoms with Gasteiger partial charge in [-0.3, -0.25) is 9.59 Å². The van der Waals surface area contributed by atoms with Crippen LogP contribution in [0.2, 0.25) is 0 Å². The smallest absolute Gasteiger partial charge is 0.295 e. The van der Waals surface area contributed by atoms with Gasteiger partial charge in [-0.05, 0) is 24.1 Å². The first kappa shape index (κ1) is 20.4. The number of aliphatic hydroxyl groups excluding tert-OH is 1. The normalized spacial score (nSPS) is 18.3. The van der Waals surface area contributed by atoms with Crippen LogP contribution in [-0.4, -0.2) is 54.2 Å². The van der Waals surface area contributed by atoms with Crippen LogP contribution in [0.5, 0.6) is 11.5 Å². The van der Waals surface area contributed by atoms with Gasteiger partial charge >= 0.3 is 0 Å². The highest BCUT2D eigenvalue weighted by Gasteiger charge is 2.46. The van der Waals surface area contributed by atoms with E-state index in [2.05, 4.69) is 0 Å². The molecule has 1 unspecified atom stereocenters. The standard InChI is InChI=1S/C22H23NO6/c1-28-12-6-11-23-19(15-9-10-16(24)17(13-15)29-2)18(21(26)22(23)27)20(25)14-7-4-3-5-8-14/h3-5,7-10,13,19,24-25H,6,11-12H2,1-2H3. The molecule has 3 rings (SSSR count). The van der Waals surface area contributed by atoms with Gasteiger partial charge in [0.25, 0.3) is 11.7 Å². The molecule has 29 heavy (non-hydrogen) atoms. The number of nitrogens with zero attached hydrogens (tertiary/aromatic N) is 1. The number of hydrogen-bond donors (Lipinski definition) is 2. The molecule has 152 valence electrons. The van der Waals surface area contributed by atoms with E-state index in [1.54, 1.807) is 49.6 Å². The molecule has 1 fully saturated rings. The van der Waals surface area contributed by atoms with Gasteiger partial charge in [0.05, 0.1) is 18.7 Å². The summed E-state index contributed by atoms with van der Waals surface area (Å²) >= 11 is 0. The van der Waals surface area contributed by atoms with Crippen LogP contribution >= 0.6 is 0 Å². The number of benzene rings is 2. The van der Waals surface area contributed by atoms with Gasteiger partial charge < -0.3 is 24.6 Å². The molecular weight excluding hydrogens is 374 g/mol. The van der Waals surface area contributed by atoms with E-state index >= 15 is 0 Å². The van der Waals surface area contributed by atoms with Gasteiger partial charge in [0.15, 0.2) is 11.5 Å². The van der Waals surface area contributed by atoms with E-state index in [0.717, 1.165) is 0 Å². The Kier molecular flexibility index (Phi) is 6.19. The number of aliphatic hydroxyl groups is 1. The lowest BCUT2D eigenvalue weighted by Crippen LogP contribution is -2.31. The van der Waals surface area contributed by atoms with Crippen molar-refractivity contribution in [3.8, 4) is 11.5 Å². The maximum absolute atomic E-state index is 12.8. The van der Waals surface area contributed by atoms with Crippen molar-refractivity contribution in [2.45, 2.75) is 12.5 Å². The second-order valence-corrected chi connectivity index (χ2v) is 6.64. The first-order valence-electron chi connectivity index (χ1n) is 9.19. The molecule has 0 spiro atoms. The van der Waals surface area contributed by atoms with Crippen molar-refractivity contribution in [3.63, 3.8) is 0 Å². The van der Waals surface area contributed by atoms with E-state index < -0.39 is 17.7 Å². The van der Waals surface area contributed by atoms with E-state index in [4.69, 9.17) is 9.47 Å². The van der Waals surface area contributed by atoms with E-state index in [1.807, 2.05) is 0 Å². The van der Waals surface area contributed by atoms with E-state index in [0.29, 0.717) is 24.2 Å². The molecule has 1 heterocycles. The van der Waals surface area contributed by atoms with Crippen LogP contribution < -0.4 is 4.74 Å². The number of methoxy groups -OCH3 is 2. The van der Waals surface area contributed by atoms with Gasteiger partial charge in [0.1, 0.15) is 5.76 Å². The van der Waals surface area contributed by atoms with E-state index in [9.17, 15) is 19.8 Å². The quantitative estimate of drug-likeness (QED) is 0.323. The van der Waals surface area contributed by atoms with Crippen molar-refractivity contribution >= 4 is 17.4 Å². The molecule has 1 aliphatic heterocycles. The highest BCUT2D eigenvalue weighted by molar-refractivity contribution is 6.46. The molecule has 0 radical (unpaired) electrons. The van der Waals surface area contributed by atoms with E-state index in [-0.39, 0.29) is 29.4 Å². The summed E-state index contributed by atoms with van der Waals surface area (Å²) < 4.78 is 10.2. The SMILES string of the molecule is COCCCN1C(=O)C(=O)C(=C(O)c2ccccc2)C1c1ccc(O)c(OC)c1. The Morgan fingerprint density at radius 1 is 1.10 bits per heavy atom. The van der Waals surface area contributed by atoms with Gasteiger partial charge in [0.2, 0.25) is 0 Å². The first-order valence-corrected chi connectivity index (χ1v) is 9.19. The molecule has 7 nitrogen and oxygen atoms in total. The summed E-state index contributed by atoms with van der Waals surface area (Å²) in [4.78, 5) is 27.0. The molecule has 7 heteroatoms. The average molecular weight is 397 g/mol. The number of ether oxygens (including phenoxy) is 2. The van der Waals surface area contributed by atoms with Crippen LogP contribution in [0.3, 0.4) is 0 Å². The van der Waals surface area contributed by atoms with Gasteiger partial charge in [-0.1, -0.05) is 36.4 Å². The van der Waals surface area contributed by atoms with Crippen molar-refractivity contribution in [2.24, 2.45) is 0 Å². The average Bonchev–Trinajstić information content (AvgIpc) is 2.99. The molecule has 0 saturated carbocycles. The topological polar surface area (TPSA) is 96.3 Å². The first-order chi connectivity index (χ1) is 14.0. The minimum absolute atomic E-state index is 0.00589. The number of phenols is 1. The fourth-order valence-corrected chi connectivity index (χ4v) is 3.45. The van der Waals surface area contributed by atoms with Crippen LogP contribution in [0.15, 0.2) is 54.1 Å². The maximum Gasteiger partial charge on any atom is 0.295 e. The monoisotopic (exact) mass is 397 g/mol. The largest absolute Gasteiger partial charge is 0.507 e. The van der Waals surface area contributed by atoms with Gasteiger partial charge in [0, 0.05) is 25.8 Å². The molecule has 0 aliphatic carbocycles. The van der Waals surface area contributed by atoms with Gasteiger partial charge in [-0.25, -0.2) is 0 Å². The van der Waals surface area contributed by atoms with Crippen molar-refractivity contribution in [1.82, 2.24) is 4.90 Å². The van der Waals surface area contributed by atoms with Crippen molar-refractivity contribution in [1.29, 1.82) is 0 Å². The van der Waals surface area contributed by atoms with Crippen LogP contribution in [0, 0.1) is 0 Å². The molecular formula is C22H23NO6. The highest BCUT2D eigenvalue weighted by atomic mass is 16.5. The Labute approximate surface area is 168 Å². The molecule has 0 aromatic heterocycles. The highest BCUT2D eigenvalue weighted by Crippen LogP contribution is 2.41. The Balaban J connectivity index is 2.14. The summed E-state index contributed by atoms with van der Waals surface area (Å²) in [6.45, 7) is 0.700. The lowest BCUT2D eigenvalue weighted by atomic mass is 9.95. The number of carbonyl (C=O) groups is 2. The van der Waals surface area contributed by atoms with Crippen molar-refractivity contribution in [3.05, 3.63) is 65.2 Å². The fraction of sp³-hybridized carbons (Fsp3) is 0.273. The van der Waals surface area contributed by atoms with Crippen molar-refractivity contribution in [2.75, 3.05) is 27.4 Å². The minimum Gasteiger partial charge on any atom is -0.507 e. The zero-order valence-corrected chi connectivity index (χ0v) is 16.3. The summed E-state index contributed by atoms with van der Waals surface area (Å²) in [5, 5.41) is 20.8. The van der Waals surface area contributed by atoms with Crippen LogP contribution in [0.25, 0.3) is 5.76 Å². The second kappa shape index (κ2) is 8.79. The van der Waals surface area contributed by atoms with Crippen molar-refractivity contribution < 1.29 is 29.3 Å². The Morgan fingerprint density at radius 3 is 2.48 bits per heavy atom. The molecule has 1 amide bonds. The molecule has 1 saturated heterocycles. The minimum atomic E-state index is -0.804. The van der Waals surface area contributed by atoms with Crippen LogP contribution in [0.1, 0.15) is 23.6 Å². The van der Waals surface area contributed by atoms with Crippen LogP contribution in [-0.2, 0) is 14.3 Å². The number of likely N-dealkylation sites (tertiary alicyclic amines) is 1. The number of aromatic hydroxyl groups is 1. The third-order valence-electron chi connectivity index (χ3n) is 4.85. The number of carbonyl (C=O) groups excluding carboxylic acids is 2. The van der Waals surface area contributed by atoms with Gasteiger partial charge in [-0.2, -0.15) is 0 Å². The number of rotatable bonds is 7. The fourth-order valence-electron chi connectivity index (χ4n) is 3.45. The zero-order chi connectivity index (χ0) is 21.0. The molecule has 2 aromatic carbocycles. The molecule has 2 aromatic rings. The zero-order valence-electron chi connectivity index (χ0n) is 16.3. The number of amides is 1. The summed E-state index contributed by atoms with van der Waals surface area (Å²) in [5.74, 6) is -1.52. The summed E-state index contributed by atoms with van der Waals surface area (Å²) in [7, 11) is 2.98.